The normalized spacial score (nSPS) is 18.2. The van der Waals surface area contributed by atoms with Crippen molar-refractivity contribution >= 4 is 34.5 Å². The number of hydrogen-bond acceptors (Lipinski definition) is 4. The molecule has 4 nitrogen and oxygen atoms in total. The Balaban J connectivity index is 1.49. The second-order valence-corrected chi connectivity index (χ2v) is 7.99. The summed E-state index contributed by atoms with van der Waals surface area (Å²) in [6, 6.07) is 25.3. The maximum atomic E-state index is 6.27. The lowest BCUT2D eigenvalue weighted by atomic mass is 10.0. The van der Waals surface area contributed by atoms with E-state index in [1.807, 2.05) is 18.2 Å². The molecule has 29 heavy (non-hydrogen) atoms. The Bertz CT molecular complexity index is 1050. The number of amidine groups is 1. The van der Waals surface area contributed by atoms with Gasteiger partial charge in [0, 0.05) is 41.9 Å². The molecule has 2 aliphatic heterocycles. The third kappa shape index (κ3) is 3.86. The molecule has 0 amide bonds. The van der Waals surface area contributed by atoms with Crippen LogP contribution in [0.15, 0.2) is 77.8 Å². The van der Waals surface area contributed by atoms with E-state index < -0.39 is 0 Å². The van der Waals surface area contributed by atoms with Crippen LogP contribution in [0.4, 0.5) is 17.1 Å². The third-order valence-electron chi connectivity index (χ3n) is 5.50. The van der Waals surface area contributed by atoms with Gasteiger partial charge < -0.3 is 15.5 Å². The van der Waals surface area contributed by atoms with Gasteiger partial charge in [-0.25, -0.2) is 4.99 Å². The first kappa shape index (κ1) is 18.2. The van der Waals surface area contributed by atoms with Crippen LogP contribution in [-0.2, 0) is 6.42 Å². The minimum Gasteiger partial charge on any atom is -0.353 e. The largest absolute Gasteiger partial charge is 0.353 e. The Labute approximate surface area is 176 Å². The SMILES string of the molecule is Clc1ccc2c(c1)N=C(N1CCNC(Cc3ccccc3)C1)c1ccccc1N2. The Morgan fingerprint density at radius 1 is 0.966 bits per heavy atom. The average Bonchev–Trinajstić information content (AvgIpc) is 2.91. The maximum absolute atomic E-state index is 6.27. The number of rotatable bonds is 2. The molecule has 2 N–H and O–H groups in total. The third-order valence-corrected chi connectivity index (χ3v) is 5.74. The molecule has 3 aromatic rings. The van der Waals surface area contributed by atoms with Gasteiger partial charge in [-0.15, -0.1) is 0 Å². The van der Waals surface area contributed by atoms with Crippen LogP contribution in [0.3, 0.4) is 0 Å². The molecule has 0 saturated carbocycles. The van der Waals surface area contributed by atoms with E-state index in [2.05, 4.69) is 70.1 Å². The highest BCUT2D eigenvalue weighted by molar-refractivity contribution is 6.31. The molecule has 5 rings (SSSR count). The van der Waals surface area contributed by atoms with Gasteiger partial charge in [0.1, 0.15) is 5.84 Å². The van der Waals surface area contributed by atoms with Crippen molar-refractivity contribution < 1.29 is 0 Å². The Hall–Kier alpha value is -2.82. The number of hydrogen-bond donors (Lipinski definition) is 2. The van der Waals surface area contributed by atoms with Crippen molar-refractivity contribution in [3.05, 3.63) is 88.9 Å². The molecule has 1 atom stereocenters. The molecule has 2 heterocycles. The van der Waals surface area contributed by atoms with Gasteiger partial charge >= 0.3 is 0 Å². The van der Waals surface area contributed by atoms with E-state index in [-0.39, 0.29) is 0 Å². The predicted molar refractivity (Wildman–Crippen MR) is 121 cm³/mol. The summed E-state index contributed by atoms with van der Waals surface area (Å²) in [6.45, 7) is 2.78. The number of benzene rings is 3. The molecule has 0 bridgehead atoms. The first-order valence-electron chi connectivity index (χ1n) is 10.0. The maximum Gasteiger partial charge on any atom is 0.138 e. The second kappa shape index (κ2) is 7.90. The number of anilines is 2. The van der Waals surface area contributed by atoms with Crippen molar-refractivity contribution in [2.45, 2.75) is 12.5 Å². The van der Waals surface area contributed by atoms with Gasteiger partial charge in [-0.1, -0.05) is 54.1 Å². The molecule has 0 aromatic heterocycles. The summed E-state index contributed by atoms with van der Waals surface area (Å²) in [4.78, 5) is 7.48. The van der Waals surface area contributed by atoms with E-state index in [9.17, 15) is 0 Å². The number of nitrogens with one attached hydrogen (secondary N) is 2. The monoisotopic (exact) mass is 402 g/mol. The summed E-state index contributed by atoms with van der Waals surface area (Å²) in [5.41, 5.74) is 5.41. The molecule has 1 saturated heterocycles. The van der Waals surface area contributed by atoms with Crippen LogP contribution in [0.5, 0.6) is 0 Å². The number of para-hydroxylation sites is 1. The van der Waals surface area contributed by atoms with Crippen molar-refractivity contribution in [1.82, 2.24) is 10.2 Å². The van der Waals surface area contributed by atoms with Gasteiger partial charge in [0.05, 0.1) is 11.4 Å². The fraction of sp³-hybridized carbons (Fsp3) is 0.208. The zero-order valence-electron chi connectivity index (χ0n) is 16.1. The molecule has 1 fully saturated rings. The van der Waals surface area contributed by atoms with Gasteiger partial charge in [0.25, 0.3) is 0 Å². The summed E-state index contributed by atoms with van der Waals surface area (Å²) in [6.07, 6.45) is 1.01. The quantitative estimate of drug-likeness (QED) is 0.634. The van der Waals surface area contributed by atoms with Crippen molar-refractivity contribution in [3.8, 4) is 0 Å². The van der Waals surface area contributed by atoms with E-state index in [0.29, 0.717) is 11.1 Å². The van der Waals surface area contributed by atoms with Crippen LogP contribution < -0.4 is 10.6 Å². The van der Waals surface area contributed by atoms with Crippen LogP contribution in [-0.4, -0.2) is 36.4 Å². The summed E-state index contributed by atoms with van der Waals surface area (Å²) < 4.78 is 0. The fourth-order valence-corrected chi connectivity index (χ4v) is 4.27. The van der Waals surface area contributed by atoms with Gasteiger partial charge in [-0.3, -0.25) is 0 Å². The Kier molecular flexibility index (Phi) is 4.96. The van der Waals surface area contributed by atoms with Crippen molar-refractivity contribution in [3.63, 3.8) is 0 Å². The molecule has 5 heteroatoms. The van der Waals surface area contributed by atoms with Crippen molar-refractivity contribution in [2.24, 2.45) is 4.99 Å². The second-order valence-electron chi connectivity index (χ2n) is 7.55. The number of piperazine rings is 1. The average molecular weight is 403 g/mol. The van der Waals surface area contributed by atoms with Crippen molar-refractivity contribution in [2.75, 3.05) is 25.0 Å². The molecular formula is C24H23ClN4. The molecule has 146 valence electrons. The number of halogens is 1. The van der Waals surface area contributed by atoms with Crippen LogP contribution >= 0.6 is 11.6 Å². The van der Waals surface area contributed by atoms with E-state index in [0.717, 1.165) is 54.5 Å². The number of nitrogens with zero attached hydrogens (tertiary/aromatic N) is 2. The summed E-state index contributed by atoms with van der Waals surface area (Å²) in [5.74, 6) is 1.01. The first-order valence-corrected chi connectivity index (χ1v) is 10.4. The summed E-state index contributed by atoms with van der Waals surface area (Å²) in [7, 11) is 0. The lowest BCUT2D eigenvalue weighted by Crippen LogP contribution is -2.53. The molecule has 0 radical (unpaired) electrons. The predicted octanol–water partition coefficient (Wildman–Crippen LogP) is 4.99. The minimum absolute atomic E-state index is 0.385. The topological polar surface area (TPSA) is 39.7 Å². The highest BCUT2D eigenvalue weighted by Gasteiger charge is 2.26. The zero-order valence-corrected chi connectivity index (χ0v) is 16.9. The van der Waals surface area contributed by atoms with Crippen LogP contribution in [0, 0.1) is 0 Å². The van der Waals surface area contributed by atoms with E-state index >= 15 is 0 Å². The van der Waals surface area contributed by atoms with E-state index in [1.165, 1.54) is 5.56 Å². The molecule has 0 aliphatic carbocycles. The minimum atomic E-state index is 0.385. The Morgan fingerprint density at radius 2 is 1.79 bits per heavy atom. The smallest absolute Gasteiger partial charge is 0.138 e. The molecule has 0 spiro atoms. The summed E-state index contributed by atoms with van der Waals surface area (Å²) in [5, 5.41) is 7.90. The fourth-order valence-electron chi connectivity index (χ4n) is 4.10. The van der Waals surface area contributed by atoms with Crippen LogP contribution in [0.2, 0.25) is 5.02 Å². The highest BCUT2D eigenvalue weighted by atomic mass is 35.5. The van der Waals surface area contributed by atoms with Crippen molar-refractivity contribution in [1.29, 1.82) is 0 Å². The lowest BCUT2D eigenvalue weighted by molar-refractivity contribution is 0.290. The first-order chi connectivity index (χ1) is 14.3. The van der Waals surface area contributed by atoms with Crippen LogP contribution in [0.1, 0.15) is 11.1 Å². The zero-order chi connectivity index (χ0) is 19.6. The molecule has 3 aromatic carbocycles. The van der Waals surface area contributed by atoms with Gasteiger partial charge in [-0.2, -0.15) is 0 Å². The molecular weight excluding hydrogens is 380 g/mol. The Morgan fingerprint density at radius 3 is 2.69 bits per heavy atom. The number of aliphatic imine (C=N–C) groups is 1. The van der Waals surface area contributed by atoms with E-state index in [4.69, 9.17) is 16.6 Å². The number of fused-ring (bicyclic) bond motifs is 2. The standard InChI is InChI=1S/C24H23ClN4/c25-18-10-11-22-23(15-18)28-24(20-8-4-5-9-21(20)27-22)29-13-12-26-19(16-29)14-17-6-2-1-3-7-17/h1-11,15,19,26-27H,12-14,16H2. The van der Waals surface area contributed by atoms with E-state index in [1.54, 1.807) is 0 Å². The molecule has 2 aliphatic rings. The van der Waals surface area contributed by atoms with Crippen LogP contribution in [0.25, 0.3) is 0 Å². The molecule has 1 unspecified atom stereocenters. The van der Waals surface area contributed by atoms with Gasteiger partial charge in [-0.05, 0) is 42.3 Å². The lowest BCUT2D eigenvalue weighted by Gasteiger charge is -2.36. The van der Waals surface area contributed by atoms with Gasteiger partial charge in [0.2, 0.25) is 0 Å². The highest BCUT2D eigenvalue weighted by Crippen LogP contribution is 2.36. The summed E-state index contributed by atoms with van der Waals surface area (Å²) >= 11 is 6.27. The van der Waals surface area contributed by atoms with Gasteiger partial charge in [0.15, 0.2) is 0 Å².